The van der Waals surface area contributed by atoms with Crippen molar-refractivity contribution < 1.29 is 13.5 Å². The largest absolute Gasteiger partial charge is 0.383 e. The highest BCUT2D eigenvalue weighted by atomic mass is 32.2. The number of para-hydroxylation sites is 1. The number of aliphatic hydroxyl groups excluding tert-OH is 1. The van der Waals surface area contributed by atoms with Crippen molar-refractivity contribution in [2.24, 2.45) is 7.05 Å². The van der Waals surface area contributed by atoms with E-state index in [0.29, 0.717) is 16.8 Å². The highest BCUT2D eigenvalue weighted by Crippen LogP contribution is 2.39. The smallest absolute Gasteiger partial charge is 0.281 e. The normalized spacial score (nSPS) is 20.6. The molecule has 2 aromatic rings. The van der Waals surface area contributed by atoms with Gasteiger partial charge in [-0.05, 0) is 6.07 Å². The summed E-state index contributed by atoms with van der Waals surface area (Å²) in [6, 6.07) is 6.90. The highest BCUT2D eigenvalue weighted by Gasteiger charge is 2.36. The van der Waals surface area contributed by atoms with Crippen LogP contribution >= 0.6 is 0 Å². The Morgan fingerprint density at radius 1 is 1.21 bits per heavy atom. The molecule has 1 unspecified atom stereocenters. The highest BCUT2D eigenvalue weighted by molar-refractivity contribution is 7.92. The summed E-state index contributed by atoms with van der Waals surface area (Å²) in [6.45, 7) is 0. The summed E-state index contributed by atoms with van der Waals surface area (Å²) in [5, 5.41) is 14.4. The van der Waals surface area contributed by atoms with Gasteiger partial charge in [-0.2, -0.15) is 13.5 Å². The molecule has 7 heteroatoms. The lowest BCUT2D eigenvalue weighted by molar-refractivity contribution is 0.217. The number of anilines is 1. The summed E-state index contributed by atoms with van der Waals surface area (Å²) in [5.74, 6) is 0. The standard InChI is InChI=1S/C12H13N3O3S/c1-14-12-9(7-13-14)11(16)8-5-3-4-6-10(8)15(2)19(12,17)18/h3-7,11,16H,1-2H3. The number of nitrogens with zero attached hydrogens (tertiary/aromatic N) is 3. The van der Waals surface area contributed by atoms with E-state index in [2.05, 4.69) is 5.10 Å². The maximum absolute atomic E-state index is 12.6. The number of benzene rings is 1. The number of hydrogen-bond donors (Lipinski definition) is 1. The van der Waals surface area contributed by atoms with Crippen LogP contribution in [0.4, 0.5) is 5.69 Å². The minimum atomic E-state index is -3.72. The van der Waals surface area contributed by atoms with Gasteiger partial charge >= 0.3 is 0 Å². The van der Waals surface area contributed by atoms with Crippen molar-refractivity contribution in [1.82, 2.24) is 9.78 Å². The summed E-state index contributed by atoms with van der Waals surface area (Å²) < 4.78 is 27.6. The van der Waals surface area contributed by atoms with E-state index in [0.717, 1.165) is 0 Å². The van der Waals surface area contributed by atoms with Gasteiger partial charge in [0.2, 0.25) is 0 Å². The van der Waals surface area contributed by atoms with Gasteiger partial charge in [0.1, 0.15) is 6.10 Å². The molecule has 0 amide bonds. The van der Waals surface area contributed by atoms with E-state index in [1.54, 1.807) is 31.3 Å². The SMILES string of the molecule is CN1c2ccccc2C(O)c2cnn(C)c2S1(=O)=O. The molecule has 1 aromatic carbocycles. The maximum atomic E-state index is 12.6. The lowest BCUT2D eigenvalue weighted by Gasteiger charge is -2.19. The predicted octanol–water partition coefficient (Wildman–Crippen LogP) is 0.640. The minimum Gasteiger partial charge on any atom is -0.383 e. The third-order valence-corrected chi connectivity index (χ3v) is 5.29. The molecule has 1 N–H and O–H groups in total. The lowest BCUT2D eigenvalue weighted by atomic mass is 10.0. The summed E-state index contributed by atoms with van der Waals surface area (Å²) in [6.07, 6.45) is 0.396. The molecule has 1 aliphatic heterocycles. The molecule has 3 rings (SSSR count). The Hall–Kier alpha value is -1.86. The Labute approximate surface area is 110 Å². The number of aromatic nitrogens is 2. The number of sulfonamides is 1. The second-order valence-corrected chi connectivity index (χ2v) is 6.35. The summed E-state index contributed by atoms with van der Waals surface area (Å²) in [7, 11) is -0.693. The van der Waals surface area contributed by atoms with Crippen molar-refractivity contribution >= 4 is 15.7 Å². The molecule has 1 atom stereocenters. The molecule has 100 valence electrons. The van der Waals surface area contributed by atoms with E-state index in [1.807, 2.05) is 0 Å². The molecule has 2 heterocycles. The fourth-order valence-corrected chi connectivity index (χ4v) is 3.91. The van der Waals surface area contributed by atoms with Crippen molar-refractivity contribution in [3.05, 3.63) is 41.6 Å². The lowest BCUT2D eigenvalue weighted by Crippen LogP contribution is -2.28. The maximum Gasteiger partial charge on any atom is 0.281 e. The van der Waals surface area contributed by atoms with Crippen LogP contribution in [-0.4, -0.2) is 30.4 Å². The van der Waals surface area contributed by atoms with Gasteiger partial charge in [-0.3, -0.25) is 8.99 Å². The number of rotatable bonds is 0. The number of aryl methyl sites for hydroxylation is 1. The quantitative estimate of drug-likeness (QED) is 0.768. The van der Waals surface area contributed by atoms with Gasteiger partial charge in [-0.15, -0.1) is 0 Å². The molecule has 0 spiro atoms. The van der Waals surface area contributed by atoms with Crippen LogP contribution in [0.25, 0.3) is 0 Å². The van der Waals surface area contributed by atoms with Gasteiger partial charge < -0.3 is 5.11 Å². The number of hydrogen-bond acceptors (Lipinski definition) is 4. The molecule has 6 nitrogen and oxygen atoms in total. The number of fused-ring (bicyclic) bond motifs is 2. The topological polar surface area (TPSA) is 75.4 Å². The van der Waals surface area contributed by atoms with E-state index in [9.17, 15) is 13.5 Å². The summed E-state index contributed by atoms with van der Waals surface area (Å²) in [5.41, 5.74) is 1.34. The van der Waals surface area contributed by atoms with Gasteiger partial charge in [-0.1, -0.05) is 18.2 Å². The second kappa shape index (κ2) is 3.82. The van der Waals surface area contributed by atoms with Crippen LogP contribution in [0.5, 0.6) is 0 Å². The van der Waals surface area contributed by atoms with Crippen molar-refractivity contribution in [3.8, 4) is 0 Å². The first-order valence-electron chi connectivity index (χ1n) is 5.72. The van der Waals surface area contributed by atoms with Crippen LogP contribution in [-0.2, 0) is 17.1 Å². The van der Waals surface area contributed by atoms with E-state index in [4.69, 9.17) is 0 Å². The van der Waals surface area contributed by atoms with E-state index < -0.39 is 16.1 Å². The fourth-order valence-electron chi connectivity index (χ4n) is 2.38. The van der Waals surface area contributed by atoms with Crippen LogP contribution in [0.3, 0.4) is 0 Å². The minimum absolute atomic E-state index is 0.0266. The zero-order valence-corrected chi connectivity index (χ0v) is 11.3. The van der Waals surface area contributed by atoms with Gasteiger partial charge in [0.25, 0.3) is 10.0 Å². The van der Waals surface area contributed by atoms with Crippen molar-refractivity contribution in [1.29, 1.82) is 0 Å². The first-order valence-corrected chi connectivity index (χ1v) is 7.16. The fraction of sp³-hybridized carbons (Fsp3) is 0.250. The molecular formula is C12H13N3O3S. The van der Waals surface area contributed by atoms with Crippen molar-refractivity contribution in [2.75, 3.05) is 11.4 Å². The zero-order chi connectivity index (χ0) is 13.8. The first-order chi connectivity index (χ1) is 8.94. The Balaban J connectivity index is 2.42. The monoisotopic (exact) mass is 279 g/mol. The van der Waals surface area contributed by atoms with Gasteiger partial charge in [0, 0.05) is 25.2 Å². The molecule has 1 aromatic heterocycles. The average molecular weight is 279 g/mol. The second-order valence-electron chi connectivity index (χ2n) is 4.46. The molecule has 19 heavy (non-hydrogen) atoms. The average Bonchev–Trinajstić information content (AvgIpc) is 2.77. The summed E-state index contributed by atoms with van der Waals surface area (Å²) >= 11 is 0. The third-order valence-electron chi connectivity index (χ3n) is 3.38. The van der Waals surface area contributed by atoms with Crippen LogP contribution in [0.1, 0.15) is 17.2 Å². The van der Waals surface area contributed by atoms with Gasteiger partial charge in [0.15, 0.2) is 5.03 Å². The van der Waals surface area contributed by atoms with Gasteiger partial charge in [-0.25, -0.2) is 0 Å². The van der Waals surface area contributed by atoms with Crippen molar-refractivity contribution in [3.63, 3.8) is 0 Å². The van der Waals surface area contributed by atoms with E-state index >= 15 is 0 Å². The van der Waals surface area contributed by atoms with Crippen LogP contribution in [0, 0.1) is 0 Å². The first kappa shape index (κ1) is 12.2. The molecule has 0 saturated heterocycles. The van der Waals surface area contributed by atoms with Crippen LogP contribution < -0.4 is 4.31 Å². The van der Waals surface area contributed by atoms with E-state index in [1.165, 1.54) is 22.2 Å². The van der Waals surface area contributed by atoms with Crippen LogP contribution in [0.2, 0.25) is 0 Å². The Kier molecular flexibility index (Phi) is 2.45. The molecule has 0 aliphatic carbocycles. The van der Waals surface area contributed by atoms with Crippen molar-refractivity contribution in [2.45, 2.75) is 11.1 Å². The molecule has 0 bridgehead atoms. The Morgan fingerprint density at radius 2 is 1.89 bits per heavy atom. The zero-order valence-electron chi connectivity index (χ0n) is 10.5. The third kappa shape index (κ3) is 1.52. The molecule has 0 saturated carbocycles. The van der Waals surface area contributed by atoms with Gasteiger partial charge in [0.05, 0.1) is 11.9 Å². The Bertz CT molecular complexity index is 751. The summed E-state index contributed by atoms with van der Waals surface area (Å²) in [4.78, 5) is 0. The molecule has 1 aliphatic rings. The molecular weight excluding hydrogens is 266 g/mol. The van der Waals surface area contributed by atoms with Crippen LogP contribution in [0.15, 0.2) is 35.5 Å². The molecule has 0 fully saturated rings. The predicted molar refractivity (Wildman–Crippen MR) is 69.3 cm³/mol. The number of aliphatic hydroxyl groups is 1. The Morgan fingerprint density at radius 3 is 2.63 bits per heavy atom. The molecule has 0 radical (unpaired) electrons. The van der Waals surface area contributed by atoms with E-state index in [-0.39, 0.29) is 5.03 Å².